The molecule has 1 aromatic rings. The van der Waals surface area contributed by atoms with Crippen LogP contribution in [0.3, 0.4) is 0 Å². The molecule has 7 nitrogen and oxygen atoms in total. The molecule has 1 atom stereocenters. The highest BCUT2D eigenvalue weighted by atomic mass is 32.2. The van der Waals surface area contributed by atoms with Crippen molar-refractivity contribution >= 4 is 27.5 Å². The summed E-state index contributed by atoms with van der Waals surface area (Å²) in [6.45, 7) is 11.1. The van der Waals surface area contributed by atoms with Crippen LogP contribution >= 0.6 is 0 Å². The topological polar surface area (TPSA) is 86.8 Å². The van der Waals surface area contributed by atoms with Crippen LogP contribution in [0.5, 0.6) is 0 Å². The Hall–Kier alpha value is -1.93. The van der Waals surface area contributed by atoms with E-state index < -0.39 is 15.9 Å². The zero-order valence-electron chi connectivity index (χ0n) is 18.1. The SMILES string of the molecule is CCCN(CCC)S(=O)(=O)c1ccc(NC(=O)C2CC(=O)N(C(C)(C)C)C2)cc1. The molecule has 162 valence electrons. The number of rotatable bonds is 8. The fourth-order valence-electron chi connectivity index (χ4n) is 3.49. The maximum atomic E-state index is 12.8. The summed E-state index contributed by atoms with van der Waals surface area (Å²) in [4.78, 5) is 26.7. The molecule has 1 heterocycles. The average Bonchev–Trinajstić information content (AvgIpc) is 3.04. The summed E-state index contributed by atoms with van der Waals surface area (Å²) in [5.74, 6) is -0.653. The molecule has 8 heteroatoms. The van der Waals surface area contributed by atoms with Crippen molar-refractivity contribution in [2.24, 2.45) is 5.92 Å². The number of anilines is 1. The highest BCUT2D eigenvalue weighted by Crippen LogP contribution is 2.27. The summed E-state index contributed by atoms with van der Waals surface area (Å²) < 4.78 is 27.1. The van der Waals surface area contributed by atoms with Gasteiger partial charge in [0, 0.05) is 37.3 Å². The van der Waals surface area contributed by atoms with Gasteiger partial charge in [-0.1, -0.05) is 13.8 Å². The summed E-state index contributed by atoms with van der Waals surface area (Å²) >= 11 is 0. The third-order valence-electron chi connectivity index (χ3n) is 5.01. The fourth-order valence-corrected chi connectivity index (χ4v) is 5.11. The van der Waals surface area contributed by atoms with Crippen molar-refractivity contribution in [1.29, 1.82) is 0 Å². The van der Waals surface area contributed by atoms with Crippen LogP contribution in [0, 0.1) is 5.92 Å². The first-order valence-corrected chi connectivity index (χ1v) is 11.7. The maximum Gasteiger partial charge on any atom is 0.243 e. The minimum absolute atomic E-state index is 0.0222. The molecule has 1 unspecified atom stereocenters. The molecule has 1 fully saturated rings. The summed E-state index contributed by atoms with van der Waals surface area (Å²) in [5, 5.41) is 2.81. The second kappa shape index (κ2) is 9.26. The van der Waals surface area contributed by atoms with Gasteiger partial charge in [0.1, 0.15) is 0 Å². The Morgan fingerprint density at radius 2 is 1.69 bits per heavy atom. The van der Waals surface area contributed by atoms with Gasteiger partial charge in [-0.05, 0) is 57.9 Å². The number of sulfonamides is 1. The van der Waals surface area contributed by atoms with Gasteiger partial charge >= 0.3 is 0 Å². The largest absolute Gasteiger partial charge is 0.337 e. The maximum absolute atomic E-state index is 12.8. The molecule has 1 N–H and O–H groups in total. The van der Waals surface area contributed by atoms with Crippen LogP contribution in [0.4, 0.5) is 5.69 Å². The lowest BCUT2D eigenvalue weighted by molar-refractivity contribution is -0.131. The fraction of sp³-hybridized carbons (Fsp3) is 0.619. The lowest BCUT2D eigenvalue weighted by atomic mass is 10.1. The van der Waals surface area contributed by atoms with Gasteiger partial charge < -0.3 is 10.2 Å². The second-order valence-corrected chi connectivity index (χ2v) is 10.4. The molecule has 0 aromatic heterocycles. The van der Waals surface area contributed by atoms with E-state index in [1.165, 1.54) is 16.4 Å². The van der Waals surface area contributed by atoms with E-state index in [0.717, 1.165) is 12.8 Å². The van der Waals surface area contributed by atoms with Gasteiger partial charge in [-0.3, -0.25) is 9.59 Å². The second-order valence-electron chi connectivity index (χ2n) is 8.49. The molecule has 1 aromatic carbocycles. The Labute approximate surface area is 174 Å². The Morgan fingerprint density at radius 1 is 1.14 bits per heavy atom. The van der Waals surface area contributed by atoms with Gasteiger partial charge in [0.15, 0.2) is 0 Å². The number of nitrogens with one attached hydrogen (secondary N) is 1. The number of hydrogen-bond donors (Lipinski definition) is 1. The Morgan fingerprint density at radius 3 is 2.14 bits per heavy atom. The summed E-state index contributed by atoms with van der Waals surface area (Å²) in [7, 11) is -3.55. The first-order valence-electron chi connectivity index (χ1n) is 10.2. The van der Waals surface area contributed by atoms with E-state index in [-0.39, 0.29) is 28.7 Å². The number of benzene rings is 1. The summed E-state index contributed by atoms with van der Waals surface area (Å²) in [6, 6.07) is 6.23. The normalized spacial score (nSPS) is 17.8. The van der Waals surface area contributed by atoms with Crippen LogP contribution in [-0.4, -0.2) is 54.6 Å². The number of likely N-dealkylation sites (tertiary alicyclic amines) is 1. The van der Waals surface area contributed by atoms with Crippen molar-refractivity contribution in [3.63, 3.8) is 0 Å². The third-order valence-corrected chi connectivity index (χ3v) is 6.92. The molecule has 1 aliphatic heterocycles. The Kier molecular flexibility index (Phi) is 7.45. The molecule has 0 aliphatic carbocycles. The molecule has 0 spiro atoms. The quantitative estimate of drug-likeness (QED) is 0.696. The van der Waals surface area contributed by atoms with Gasteiger partial charge in [0.05, 0.1) is 10.8 Å². The minimum atomic E-state index is -3.55. The molecule has 0 bridgehead atoms. The van der Waals surface area contributed by atoms with Crippen LogP contribution in [0.25, 0.3) is 0 Å². The van der Waals surface area contributed by atoms with Crippen molar-refractivity contribution in [3.05, 3.63) is 24.3 Å². The number of hydrogen-bond acceptors (Lipinski definition) is 4. The molecule has 2 amide bonds. The van der Waals surface area contributed by atoms with Crippen LogP contribution in [0.15, 0.2) is 29.2 Å². The van der Waals surface area contributed by atoms with Crippen molar-refractivity contribution < 1.29 is 18.0 Å². The summed E-state index contributed by atoms with van der Waals surface area (Å²) in [5.41, 5.74) is 0.207. The molecular weight excluding hydrogens is 390 g/mol. The lowest BCUT2D eigenvalue weighted by Crippen LogP contribution is -2.42. The van der Waals surface area contributed by atoms with Crippen molar-refractivity contribution in [2.75, 3.05) is 25.0 Å². The van der Waals surface area contributed by atoms with E-state index in [1.54, 1.807) is 17.0 Å². The molecule has 0 radical (unpaired) electrons. The van der Waals surface area contributed by atoms with Crippen LogP contribution < -0.4 is 5.32 Å². The number of amides is 2. The van der Waals surface area contributed by atoms with E-state index in [2.05, 4.69) is 5.32 Å². The smallest absolute Gasteiger partial charge is 0.243 e. The number of carbonyl (C=O) groups is 2. The van der Waals surface area contributed by atoms with E-state index in [1.807, 2.05) is 34.6 Å². The van der Waals surface area contributed by atoms with Gasteiger partial charge in [-0.25, -0.2) is 8.42 Å². The predicted octanol–water partition coefficient (Wildman–Crippen LogP) is 3.08. The van der Waals surface area contributed by atoms with Crippen molar-refractivity contribution in [1.82, 2.24) is 9.21 Å². The monoisotopic (exact) mass is 423 g/mol. The highest BCUT2D eigenvalue weighted by molar-refractivity contribution is 7.89. The first-order chi connectivity index (χ1) is 13.5. The first kappa shape index (κ1) is 23.3. The Balaban J connectivity index is 2.07. The minimum Gasteiger partial charge on any atom is -0.337 e. The average molecular weight is 424 g/mol. The van der Waals surface area contributed by atoms with E-state index in [9.17, 15) is 18.0 Å². The van der Waals surface area contributed by atoms with Gasteiger partial charge in [-0.2, -0.15) is 4.31 Å². The standard InChI is InChI=1S/C21H33N3O4S/c1-6-12-23(13-7-2)29(27,28)18-10-8-17(9-11-18)22-20(26)16-14-19(25)24(15-16)21(3,4)5/h8-11,16H,6-7,12-15H2,1-5H3,(H,22,26). The van der Waals surface area contributed by atoms with Gasteiger partial charge in [0.25, 0.3) is 0 Å². The molecule has 1 saturated heterocycles. The third kappa shape index (κ3) is 5.57. The predicted molar refractivity (Wildman–Crippen MR) is 114 cm³/mol. The van der Waals surface area contributed by atoms with Crippen LogP contribution in [0.1, 0.15) is 53.9 Å². The van der Waals surface area contributed by atoms with E-state index >= 15 is 0 Å². The van der Waals surface area contributed by atoms with Crippen molar-refractivity contribution in [2.45, 2.75) is 64.3 Å². The zero-order valence-corrected chi connectivity index (χ0v) is 18.9. The Bertz CT molecular complexity index is 822. The summed E-state index contributed by atoms with van der Waals surface area (Å²) in [6.07, 6.45) is 1.69. The molecule has 1 aliphatic rings. The van der Waals surface area contributed by atoms with Crippen LogP contribution in [0.2, 0.25) is 0 Å². The zero-order chi connectivity index (χ0) is 21.8. The van der Waals surface area contributed by atoms with E-state index in [4.69, 9.17) is 0 Å². The van der Waals surface area contributed by atoms with Crippen molar-refractivity contribution in [3.8, 4) is 0 Å². The highest BCUT2D eigenvalue weighted by Gasteiger charge is 2.39. The van der Waals surface area contributed by atoms with Crippen LogP contribution in [-0.2, 0) is 19.6 Å². The molecule has 0 saturated carbocycles. The molecular formula is C21H33N3O4S. The van der Waals surface area contributed by atoms with E-state index in [0.29, 0.717) is 25.3 Å². The van der Waals surface area contributed by atoms with Gasteiger partial charge in [-0.15, -0.1) is 0 Å². The van der Waals surface area contributed by atoms with Gasteiger partial charge in [0.2, 0.25) is 21.8 Å². The number of nitrogens with zero attached hydrogens (tertiary/aromatic N) is 2. The number of carbonyl (C=O) groups excluding carboxylic acids is 2. The lowest BCUT2D eigenvalue weighted by Gasteiger charge is -2.31. The molecule has 29 heavy (non-hydrogen) atoms. The molecule has 2 rings (SSSR count).